The van der Waals surface area contributed by atoms with E-state index in [1.807, 2.05) is 0 Å². The van der Waals surface area contributed by atoms with E-state index < -0.39 is 23.5 Å². The number of hydrogen-bond acceptors (Lipinski definition) is 7. The van der Waals surface area contributed by atoms with Gasteiger partial charge >= 0.3 is 12.1 Å². The Labute approximate surface area is 172 Å². The predicted octanol–water partition coefficient (Wildman–Crippen LogP) is 4.00. The Kier molecular flexibility index (Phi) is 5.39. The Balaban J connectivity index is 2.39. The van der Waals surface area contributed by atoms with Crippen LogP contribution in [0.1, 0.15) is 31.3 Å². The molecule has 8 nitrogen and oxygen atoms in total. The molecule has 0 atom stereocenters. The highest BCUT2D eigenvalue weighted by Gasteiger charge is 2.28. The molecule has 3 rings (SSSR count). The van der Waals surface area contributed by atoms with Crippen molar-refractivity contribution < 1.29 is 28.2 Å². The van der Waals surface area contributed by atoms with Crippen LogP contribution in [-0.4, -0.2) is 41.4 Å². The highest BCUT2D eigenvalue weighted by Crippen LogP contribution is 2.37. The van der Waals surface area contributed by atoms with Gasteiger partial charge in [-0.15, -0.1) is 0 Å². The zero-order valence-electron chi connectivity index (χ0n) is 17.3. The van der Waals surface area contributed by atoms with Gasteiger partial charge in [0.25, 0.3) is 0 Å². The minimum Gasteiger partial charge on any atom is -0.492 e. The molecule has 158 valence electrons. The molecule has 1 aromatic carbocycles. The van der Waals surface area contributed by atoms with Gasteiger partial charge in [-0.2, -0.15) is 0 Å². The van der Waals surface area contributed by atoms with Gasteiger partial charge in [-0.1, -0.05) is 0 Å². The predicted molar refractivity (Wildman–Crippen MR) is 109 cm³/mol. The van der Waals surface area contributed by atoms with Gasteiger partial charge in [-0.25, -0.2) is 23.5 Å². The summed E-state index contributed by atoms with van der Waals surface area (Å²) < 4.78 is 31.6. The number of methoxy groups -OCH3 is 2. The monoisotopic (exact) mass is 415 g/mol. The molecule has 3 aromatic rings. The van der Waals surface area contributed by atoms with Crippen LogP contribution in [0.3, 0.4) is 0 Å². The Morgan fingerprint density at radius 1 is 1.17 bits per heavy atom. The van der Waals surface area contributed by atoms with Crippen molar-refractivity contribution in [2.24, 2.45) is 0 Å². The molecule has 0 aliphatic carbocycles. The summed E-state index contributed by atoms with van der Waals surface area (Å²) >= 11 is 0. The quantitative estimate of drug-likeness (QED) is 0.509. The molecule has 2 N–H and O–H groups in total. The minimum atomic E-state index is -0.837. The van der Waals surface area contributed by atoms with E-state index in [0.717, 1.165) is 4.57 Å². The van der Waals surface area contributed by atoms with Crippen LogP contribution in [0.15, 0.2) is 30.5 Å². The van der Waals surface area contributed by atoms with E-state index in [9.17, 15) is 9.59 Å². The average molecular weight is 415 g/mol. The molecule has 0 fully saturated rings. The van der Waals surface area contributed by atoms with Crippen molar-refractivity contribution in [2.45, 2.75) is 26.4 Å². The summed E-state index contributed by atoms with van der Waals surface area (Å²) in [6, 6.07) is 6.04. The summed E-state index contributed by atoms with van der Waals surface area (Å²) in [5, 5.41) is 0.474. The van der Waals surface area contributed by atoms with Crippen molar-refractivity contribution in [3.63, 3.8) is 0 Å². The number of pyridine rings is 1. The van der Waals surface area contributed by atoms with E-state index in [1.54, 1.807) is 32.9 Å². The molecule has 0 radical (unpaired) electrons. The van der Waals surface area contributed by atoms with Crippen LogP contribution in [0.2, 0.25) is 0 Å². The fraction of sp³-hybridized carbons (Fsp3) is 0.286. The van der Waals surface area contributed by atoms with Gasteiger partial charge in [0.05, 0.1) is 31.1 Å². The van der Waals surface area contributed by atoms with E-state index in [1.165, 1.54) is 32.5 Å². The first kappa shape index (κ1) is 21.1. The number of nitrogen functional groups attached to an aromatic ring is 1. The molecule has 0 aliphatic rings. The first-order chi connectivity index (χ1) is 14.1. The molecule has 0 saturated carbocycles. The Morgan fingerprint density at radius 3 is 2.47 bits per heavy atom. The van der Waals surface area contributed by atoms with Gasteiger partial charge in [0.2, 0.25) is 0 Å². The Morgan fingerprint density at radius 2 is 1.87 bits per heavy atom. The van der Waals surface area contributed by atoms with Gasteiger partial charge in [-0.3, -0.25) is 0 Å². The largest absolute Gasteiger partial charge is 0.492 e. The summed E-state index contributed by atoms with van der Waals surface area (Å²) in [5.41, 5.74) is 5.28. The summed E-state index contributed by atoms with van der Waals surface area (Å²) in [4.78, 5) is 29.4. The summed E-state index contributed by atoms with van der Waals surface area (Å²) in [7, 11) is 2.50. The maximum atomic E-state index is 15.2. The first-order valence-electron chi connectivity index (χ1n) is 9.03. The highest BCUT2D eigenvalue weighted by molar-refractivity contribution is 6.06. The highest BCUT2D eigenvalue weighted by atomic mass is 19.1. The van der Waals surface area contributed by atoms with E-state index in [2.05, 4.69) is 4.98 Å². The van der Waals surface area contributed by atoms with Crippen LogP contribution in [0, 0.1) is 5.82 Å². The van der Waals surface area contributed by atoms with Crippen molar-refractivity contribution in [2.75, 3.05) is 20.0 Å². The summed E-state index contributed by atoms with van der Waals surface area (Å²) in [6.45, 7) is 5.09. The van der Waals surface area contributed by atoms with Gasteiger partial charge in [0.1, 0.15) is 5.60 Å². The normalized spacial score (nSPS) is 11.4. The van der Waals surface area contributed by atoms with Crippen LogP contribution < -0.4 is 10.5 Å². The minimum absolute atomic E-state index is 0.0407. The van der Waals surface area contributed by atoms with E-state index in [-0.39, 0.29) is 33.9 Å². The fourth-order valence-corrected chi connectivity index (χ4v) is 3.07. The van der Waals surface area contributed by atoms with Crippen molar-refractivity contribution >= 4 is 28.7 Å². The SMILES string of the molecule is COC(=O)c1nccc2cc(-c3ccc(N)c(OC)c3F)n(C(=O)OC(C)(C)C)c12. The Hall–Kier alpha value is -3.62. The van der Waals surface area contributed by atoms with Gasteiger partial charge < -0.3 is 19.9 Å². The number of carbonyl (C=O) groups is 2. The molecule has 2 aromatic heterocycles. The van der Waals surface area contributed by atoms with Crippen LogP contribution in [0.25, 0.3) is 22.2 Å². The first-order valence-corrected chi connectivity index (χ1v) is 9.03. The number of fused-ring (bicyclic) bond motifs is 1. The third-order valence-electron chi connectivity index (χ3n) is 4.27. The maximum Gasteiger partial charge on any atom is 0.419 e. The molecule has 0 bridgehead atoms. The van der Waals surface area contributed by atoms with Crippen molar-refractivity contribution in [1.29, 1.82) is 0 Å². The maximum absolute atomic E-state index is 15.2. The van der Waals surface area contributed by atoms with Crippen molar-refractivity contribution in [3.05, 3.63) is 42.0 Å². The molecule has 30 heavy (non-hydrogen) atoms. The third kappa shape index (κ3) is 3.66. The molecule has 0 unspecified atom stereocenters. The van der Waals surface area contributed by atoms with E-state index in [0.29, 0.717) is 5.39 Å². The second-order valence-electron chi connectivity index (χ2n) is 7.48. The van der Waals surface area contributed by atoms with Crippen LogP contribution in [0.4, 0.5) is 14.9 Å². The number of hydrogen-bond donors (Lipinski definition) is 1. The summed E-state index contributed by atoms with van der Waals surface area (Å²) in [5.74, 6) is -1.65. The number of halogens is 1. The van der Waals surface area contributed by atoms with E-state index >= 15 is 4.39 Å². The molecule has 0 amide bonds. The third-order valence-corrected chi connectivity index (χ3v) is 4.27. The number of nitrogens with two attached hydrogens (primary N) is 1. The lowest BCUT2D eigenvalue weighted by molar-refractivity contribution is 0.0546. The molecule has 0 saturated heterocycles. The topological polar surface area (TPSA) is 106 Å². The lowest BCUT2D eigenvalue weighted by Crippen LogP contribution is -2.28. The number of ether oxygens (including phenoxy) is 3. The number of rotatable bonds is 3. The molecule has 2 heterocycles. The second kappa shape index (κ2) is 7.66. The van der Waals surface area contributed by atoms with Gasteiger partial charge in [0, 0.05) is 17.1 Å². The number of nitrogens with zero attached hydrogens (tertiary/aromatic N) is 2. The standard InChI is InChI=1S/C21H22FN3O5/c1-21(2,3)30-20(27)25-14(12-6-7-13(23)18(28-4)15(12)22)10-11-8-9-24-16(17(11)25)19(26)29-5/h6-10H,23H2,1-5H3. The van der Waals surface area contributed by atoms with Crippen LogP contribution in [0.5, 0.6) is 5.75 Å². The second-order valence-corrected chi connectivity index (χ2v) is 7.48. The van der Waals surface area contributed by atoms with Crippen LogP contribution in [-0.2, 0) is 9.47 Å². The smallest absolute Gasteiger partial charge is 0.419 e. The molecular weight excluding hydrogens is 393 g/mol. The fourth-order valence-electron chi connectivity index (χ4n) is 3.07. The molecule has 0 aliphatic heterocycles. The Bertz CT molecular complexity index is 1150. The number of carbonyl (C=O) groups excluding carboxylic acids is 2. The average Bonchev–Trinajstić information content (AvgIpc) is 3.05. The number of aromatic nitrogens is 2. The lowest BCUT2D eigenvalue weighted by atomic mass is 10.1. The van der Waals surface area contributed by atoms with E-state index in [4.69, 9.17) is 19.9 Å². The number of esters is 1. The zero-order valence-corrected chi connectivity index (χ0v) is 17.3. The van der Waals surface area contributed by atoms with Crippen LogP contribution >= 0.6 is 0 Å². The summed E-state index contributed by atoms with van der Waals surface area (Å²) in [6.07, 6.45) is 0.596. The lowest BCUT2D eigenvalue weighted by Gasteiger charge is -2.21. The molecular formula is C21H22FN3O5. The van der Waals surface area contributed by atoms with Crippen molar-refractivity contribution in [3.8, 4) is 17.0 Å². The number of benzene rings is 1. The molecule has 0 spiro atoms. The van der Waals surface area contributed by atoms with Gasteiger partial charge in [-0.05, 0) is 45.0 Å². The van der Waals surface area contributed by atoms with Crippen molar-refractivity contribution in [1.82, 2.24) is 9.55 Å². The van der Waals surface area contributed by atoms with Gasteiger partial charge in [0.15, 0.2) is 17.3 Å². The zero-order chi connectivity index (χ0) is 22.2. The number of anilines is 1. The molecule has 9 heteroatoms.